The van der Waals surface area contributed by atoms with Crippen molar-refractivity contribution in [1.82, 2.24) is 10.2 Å². The number of para-hydroxylation sites is 1. The SMILES string of the molecule is Fc1ccc(CCc2[nH]nc3ccccc23)cc1. The molecule has 2 aromatic carbocycles. The highest BCUT2D eigenvalue weighted by Crippen LogP contribution is 2.17. The van der Waals surface area contributed by atoms with E-state index in [1.54, 1.807) is 0 Å². The van der Waals surface area contributed by atoms with Crippen molar-refractivity contribution in [3.05, 3.63) is 65.6 Å². The highest BCUT2D eigenvalue weighted by molar-refractivity contribution is 5.81. The number of aromatic amines is 1. The molecule has 3 heteroatoms. The predicted molar refractivity (Wildman–Crippen MR) is 69.9 cm³/mol. The zero-order chi connectivity index (χ0) is 12.4. The number of H-pyrrole nitrogens is 1. The van der Waals surface area contributed by atoms with Gasteiger partial charge in [-0.1, -0.05) is 30.3 Å². The number of nitrogens with zero attached hydrogens (tertiary/aromatic N) is 1. The molecule has 1 aromatic heterocycles. The number of hydrogen-bond acceptors (Lipinski definition) is 1. The van der Waals surface area contributed by atoms with Crippen LogP contribution in [0, 0.1) is 5.82 Å². The second-order valence-electron chi connectivity index (χ2n) is 4.35. The maximum absolute atomic E-state index is 12.8. The quantitative estimate of drug-likeness (QED) is 0.746. The molecule has 0 fully saturated rings. The van der Waals surface area contributed by atoms with Gasteiger partial charge in [0.1, 0.15) is 5.82 Å². The van der Waals surface area contributed by atoms with Crippen LogP contribution in [0.3, 0.4) is 0 Å². The molecule has 0 aliphatic heterocycles. The van der Waals surface area contributed by atoms with Crippen molar-refractivity contribution >= 4 is 10.9 Å². The Morgan fingerprint density at radius 1 is 0.944 bits per heavy atom. The Balaban J connectivity index is 1.79. The van der Waals surface area contributed by atoms with Crippen LogP contribution in [0.15, 0.2) is 48.5 Å². The average Bonchev–Trinajstić information content (AvgIpc) is 2.82. The average molecular weight is 240 g/mol. The number of benzene rings is 2. The van der Waals surface area contributed by atoms with Gasteiger partial charge in [-0.05, 0) is 36.6 Å². The van der Waals surface area contributed by atoms with Gasteiger partial charge >= 0.3 is 0 Å². The van der Waals surface area contributed by atoms with Crippen LogP contribution in [0.25, 0.3) is 10.9 Å². The maximum atomic E-state index is 12.8. The number of aromatic nitrogens is 2. The lowest BCUT2D eigenvalue weighted by molar-refractivity contribution is 0.627. The molecule has 0 amide bonds. The fraction of sp³-hybridized carbons (Fsp3) is 0.133. The smallest absolute Gasteiger partial charge is 0.123 e. The molecule has 0 saturated carbocycles. The van der Waals surface area contributed by atoms with Gasteiger partial charge in [-0.25, -0.2) is 4.39 Å². The highest BCUT2D eigenvalue weighted by atomic mass is 19.1. The first-order valence-corrected chi connectivity index (χ1v) is 5.99. The summed E-state index contributed by atoms with van der Waals surface area (Å²) >= 11 is 0. The van der Waals surface area contributed by atoms with Crippen molar-refractivity contribution < 1.29 is 4.39 Å². The van der Waals surface area contributed by atoms with E-state index in [1.807, 2.05) is 30.3 Å². The second-order valence-corrected chi connectivity index (χ2v) is 4.35. The summed E-state index contributed by atoms with van der Waals surface area (Å²) in [6.07, 6.45) is 1.76. The lowest BCUT2D eigenvalue weighted by Gasteiger charge is -2.00. The lowest BCUT2D eigenvalue weighted by atomic mass is 10.1. The monoisotopic (exact) mass is 240 g/mol. The molecule has 0 unspecified atom stereocenters. The van der Waals surface area contributed by atoms with Crippen molar-refractivity contribution in [2.24, 2.45) is 0 Å². The summed E-state index contributed by atoms with van der Waals surface area (Å²) in [4.78, 5) is 0. The molecule has 90 valence electrons. The largest absolute Gasteiger partial charge is 0.281 e. The molecule has 0 aliphatic rings. The Labute approximate surface area is 104 Å². The Morgan fingerprint density at radius 2 is 1.72 bits per heavy atom. The minimum absolute atomic E-state index is 0.189. The van der Waals surface area contributed by atoms with Gasteiger partial charge in [0.2, 0.25) is 0 Å². The Kier molecular flexibility index (Phi) is 2.81. The first-order valence-electron chi connectivity index (χ1n) is 5.99. The van der Waals surface area contributed by atoms with E-state index in [0.29, 0.717) is 0 Å². The maximum Gasteiger partial charge on any atom is 0.123 e. The fourth-order valence-corrected chi connectivity index (χ4v) is 2.13. The highest BCUT2D eigenvalue weighted by Gasteiger charge is 2.04. The Bertz CT molecular complexity index is 656. The van der Waals surface area contributed by atoms with Crippen molar-refractivity contribution in [2.45, 2.75) is 12.8 Å². The number of nitrogens with one attached hydrogen (secondary N) is 1. The number of hydrogen-bond donors (Lipinski definition) is 1. The van der Waals surface area contributed by atoms with Crippen molar-refractivity contribution in [3.63, 3.8) is 0 Å². The van der Waals surface area contributed by atoms with Crippen LogP contribution in [0.4, 0.5) is 4.39 Å². The summed E-state index contributed by atoms with van der Waals surface area (Å²) in [6.45, 7) is 0. The third kappa shape index (κ3) is 2.12. The molecule has 0 radical (unpaired) electrons. The number of fused-ring (bicyclic) bond motifs is 1. The minimum atomic E-state index is -0.189. The Hall–Kier alpha value is -2.16. The third-order valence-electron chi connectivity index (χ3n) is 3.12. The van der Waals surface area contributed by atoms with Crippen molar-refractivity contribution in [1.29, 1.82) is 0 Å². The summed E-state index contributed by atoms with van der Waals surface area (Å²) in [6, 6.07) is 14.7. The molecule has 1 heterocycles. The zero-order valence-electron chi connectivity index (χ0n) is 9.86. The third-order valence-corrected chi connectivity index (χ3v) is 3.12. The molecule has 1 N–H and O–H groups in total. The predicted octanol–water partition coefficient (Wildman–Crippen LogP) is 3.49. The van der Waals surface area contributed by atoms with Crippen molar-refractivity contribution in [3.8, 4) is 0 Å². The van der Waals surface area contributed by atoms with Gasteiger partial charge in [-0.3, -0.25) is 5.10 Å². The summed E-state index contributed by atoms with van der Waals surface area (Å²) in [5.74, 6) is -0.189. The van der Waals surface area contributed by atoms with Gasteiger partial charge < -0.3 is 0 Å². The molecule has 3 rings (SSSR count). The van der Waals surface area contributed by atoms with E-state index in [-0.39, 0.29) is 5.82 Å². The molecule has 3 aromatic rings. The van der Waals surface area contributed by atoms with Gasteiger partial charge in [0.25, 0.3) is 0 Å². The molecule has 0 spiro atoms. The summed E-state index contributed by atoms with van der Waals surface area (Å²) in [5, 5.41) is 8.50. The van der Waals surface area contributed by atoms with E-state index < -0.39 is 0 Å². The van der Waals surface area contributed by atoms with Crippen LogP contribution in [0.5, 0.6) is 0 Å². The lowest BCUT2D eigenvalue weighted by Crippen LogP contribution is -1.92. The summed E-state index contributed by atoms with van der Waals surface area (Å²) < 4.78 is 12.8. The van der Waals surface area contributed by atoms with Gasteiger partial charge in [0.15, 0.2) is 0 Å². The van der Waals surface area contributed by atoms with E-state index in [9.17, 15) is 4.39 Å². The molecular formula is C15H13FN2. The normalized spacial score (nSPS) is 10.9. The molecule has 18 heavy (non-hydrogen) atoms. The van der Waals surface area contributed by atoms with Crippen LogP contribution < -0.4 is 0 Å². The number of halogens is 1. The van der Waals surface area contributed by atoms with E-state index in [0.717, 1.165) is 29.6 Å². The molecule has 0 saturated heterocycles. The number of rotatable bonds is 3. The van der Waals surface area contributed by atoms with Gasteiger partial charge in [0.05, 0.1) is 5.52 Å². The van der Waals surface area contributed by atoms with Crippen LogP contribution in [0.1, 0.15) is 11.3 Å². The van der Waals surface area contributed by atoms with Gasteiger partial charge in [-0.2, -0.15) is 5.10 Å². The summed E-state index contributed by atoms with van der Waals surface area (Å²) in [5.41, 5.74) is 3.26. The standard InChI is InChI=1S/C15H13FN2/c16-12-8-5-11(6-9-12)7-10-15-13-3-1-2-4-14(13)17-18-15/h1-6,8-9H,7,10H2,(H,17,18). The molecular weight excluding hydrogens is 227 g/mol. The van der Waals surface area contributed by atoms with Crippen LogP contribution in [0.2, 0.25) is 0 Å². The molecule has 0 atom stereocenters. The number of aryl methyl sites for hydroxylation is 2. The Morgan fingerprint density at radius 3 is 2.56 bits per heavy atom. The van der Waals surface area contributed by atoms with Gasteiger partial charge in [0, 0.05) is 11.1 Å². The van der Waals surface area contributed by atoms with E-state index in [2.05, 4.69) is 16.3 Å². The topological polar surface area (TPSA) is 28.7 Å². The van der Waals surface area contributed by atoms with E-state index in [1.165, 1.54) is 17.5 Å². The molecule has 2 nitrogen and oxygen atoms in total. The molecule has 0 bridgehead atoms. The fourth-order valence-electron chi connectivity index (χ4n) is 2.13. The van der Waals surface area contributed by atoms with Crippen molar-refractivity contribution in [2.75, 3.05) is 0 Å². The van der Waals surface area contributed by atoms with Crippen LogP contribution in [-0.4, -0.2) is 10.2 Å². The summed E-state index contributed by atoms with van der Waals surface area (Å²) in [7, 11) is 0. The second kappa shape index (κ2) is 4.61. The zero-order valence-corrected chi connectivity index (χ0v) is 9.86. The van der Waals surface area contributed by atoms with Crippen LogP contribution in [-0.2, 0) is 12.8 Å². The van der Waals surface area contributed by atoms with Gasteiger partial charge in [-0.15, -0.1) is 0 Å². The first kappa shape index (κ1) is 11.0. The molecule has 0 aliphatic carbocycles. The van der Waals surface area contributed by atoms with E-state index in [4.69, 9.17) is 0 Å². The van der Waals surface area contributed by atoms with E-state index >= 15 is 0 Å². The van der Waals surface area contributed by atoms with Crippen LogP contribution >= 0.6 is 0 Å². The minimum Gasteiger partial charge on any atom is -0.281 e. The first-order chi connectivity index (χ1) is 8.83.